The van der Waals surface area contributed by atoms with Gasteiger partial charge in [-0.15, -0.1) is 0 Å². The fourth-order valence-corrected chi connectivity index (χ4v) is 2.64. The lowest BCUT2D eigenvalue weighted by Gasteiger charge is -2.20. The van der Waals surface area contributed by atoms with Crippen molar-refractivity contribution in [3.8, 4) is 0 Å². The van der Waals surface area contributed by atoms with Crippen LogP contribution in [-0.2, 0) is 6.54 Å². The van der Waals surface area contributed by atoms with E-state index in [0.717, 1.165) is 25.7 Å². The maximum Gasteiger partial charge on any atom is 0.185 e. The number of halogens is 1. The zero-order valence-corrected chi connectivity index (χ0v) is 10.3. The second kappa shape index (κ2) is 5.00. The normalized spacial score (nSPS) is 17.6. The van der Waals surface area contributed by atoms with Gasteiger partial charge < -0.3 is 0 Å². The summed E-state index contributed by atoms with van der Waals surface area (Å²) in [5.74, 6) is 0.345. The van der Waals surface area contributed by atoms with Crippen LogP contribution in [0.15, 0.2) is 6.20 Å². The molecule has 0 aromatic carbocycles. The van der Waals surface area contributed by atoms with Crippen molar-refractivity contribution in [2.45, 2.75) is 45.6 Å². The van der Waals surface area contributed by atoms with Crippen molar-refractivity contribution in [2.24, 2.45) is 5.92 Å². The third kappa shape index (κ3) is 2.14. The van der Waals surface area contributed by atoms with E-state index in [1.165, 1.54) is 6.42 Å². The first-order valence-electron chi connectivity index (χ1n) is 5.99. The van der Waals surface area contributed by atoms with Gasteiger partial charge in [0.2, 0.25) is 0 Å². The number of hydrogen-bond acceptors (Lipinski definition) is 2. The number of Topliss-reactive ketones (excluding diaryl/α,β-unsaturated/α-hetero) is 1. The first-order chi connectivity index (χ1) is 7.74. The van der Waals surface area contributed by atoms with E-state index < -0.39 is 0 Å². The molecule has 0 unspecified atom stereocenters. The van der Waals surface area contributed by atoms with Crippen molar-refractivity contribution in [2.75, 3.05) is 0 Å². The van der Waals surface area contributed by atoms with Crippen molar-refractivity contribution in [3.05, 3.63) is 16.9 Å². The summed E-state index contributed by atoms with van der Waals surface area (Å²) in [7, 11) is 0. The molecule has 0 radical (unpaired) electrons. The summed E-state index contributed by atoms with van der Waals surface area (Å²) in [6.07, 6.45) is 7.16. The van der Waals surface area contributed by atoms with E-state index in [2.05, 4.69) is 5.10 Å². The minimum atomic E-state index is 0.160. The standard InChI is InChI=1S/C12H17ClN2O/c1-2-15-11(10(13)8-14-15)12(16)9-6-4-3-5-7-9/h8-9H,2-7H2,1H3. The van der Waals surface area contributed by atoms with Crippen LogP contribution >= 0.6 is 11.6 Å². The quantitative estimate of drug-likeness (QED) is 0.760. The maximum absolute atomic E-state index is 12.3. The van der Waals surface area contributed by atoms with Crippen LogP contribution in [-0.4, -0.2) is 15.6 Å². The van der Waals surface area contributed by atoms with Crippen molar-refractivity contribution >= 4 is 17.4 Å². The summed E-state index contributed by atoms with van der Waals surface area (Å²) in [4.78, 5) is 12.3. The van der Waals surface area contributed by atoms with Gasteiger partial charge in [0.25, 0.3) is 0 Å². The molecular formula is C12H17ClN2O. The van der Waals surface area contributed by atoms with Gasteiger partial charge in [0.1, 0.15) is 5.69 Å². The Bertz CT molecular complexity index is 380. The number of carbonyl (C=O) groups is 1. The predicted molar refractivity (Wildman–Crippen MR) is 63.8 cm³/mol. The van der Waals surface area contributed by atoms with Crippen molar-refractivity contribution in [1.29, 1.82) is 0 Å². The maximum atomic E-state index is 12.3. The number of hydrogen-bond donors (Lipinski definition) is 0. The molecule has 4 heteroatoms. The molecule has 1 saturated carbocycles. The number of aryl methyl sites for hydroxylation is 1. The van der Waals surface area contributed by atoms with E-state index in [-0.39, 0.29) is 11.7 Å². The van der Waals surface area contributed by atoms with Crippen LogP contribution in [0.3, 0.4) is 0 Å². The number of ketones is 1. The minimum Gasteiger partial charge on any atom is -0.292 e. The van der Waals surface area contributed by atoms with Crippen LogP contribution in [0.4, 0.5) is 0 Å². The van der Waals surface area contributed by atoms with E-state index in [0.29, 0.717) is 17.3 Å². The van der Waals surface area contributed by atoms with Gasteiger partial charge in [-0.25, -0.2) is 0 Å². The van der Waals surface area contributed by atoms with E-state index in [1.54, 1.807) is 10.9 Å². The van der Waals surface area contributed by atoms with Crippen LogP contribution in [0.1, 0.15) is 49.5 Å². The summed E-state index contributed by atoms with van der Waals surface area (Å²) in [6.45, 7) is 2.67. The molecule has 3 nitrogen and oxygen atoms in total. The summed E-state index contributed by atoms with van der Waals surface area (Å²) >= 11 is 6.03. The molecule has 1 aromatic heterocycles. The van der Waals surface area contributed by atoms with Gasteiger partial charge >= 0.3 is 0 Å². The number of aromatic nitrogens is 2. The van der Waals surface area contributed by atoms with E-state index in [1.807, 2.05) is 6.92 Å². The van der Waals surface area contributed by atoms with Gasteiger partial charge in [-0.3, -0.25) is 9.48 Å². The van der Waals surface area contributed by atoms with Crippen molar-refractivity contribution in [3.63, 3.8) is 0 Å². The summed E-state index contributed by atoms with van der Waals surface area (Å²) in [5.41, 5.74) is 0.607. The Morgan fingerprint density at radius 1 is 1.50 bits per heavy atom. The lowest BCUT2D eigenvalue weighted by molar-refractivity contribution is 0.0878. The highest BCUT2D eigenvalue weighted by atomic mass is 35.5. The van der Waals surface area contributed by atoms with Gasteiger partial charge in [-0.2, -0.15) is 5.10 Å². The van der Waals surface area contributed by atoms with Gasteiger partial charge in [-0.05, 0) is 19.8 Å². The first-order valence-corrected chi connectivity index (χ1v) is 6.37. The second-order valence-corrected chi connectivity index (χ2v) is 4.76. The van der Waals surface area contributed by atoms with E-state index in [9.17, 15) is 4.79 Å². The molecule has 0 aliphatic heterocycles. The summed E-state index contributed by atoms with van der Waals surface area (Å²) < 4.78 is 1.71. The van der Waals surface area contributed by atoms with Gasteiger partial charge in [0.15, 0.2) is 5.78 Å². The zero-order valence-electron chi connectivity index (χ0n) is 9.58. The van der Waals surface area contributed by atoms with Crippen molar-refractivity contribution in [1.82, 2.24) is 9.78 Å². The SMILES string of the molecule is CCn1ncc(Cl)c1C(=O)C1CCCCC1. The Balaban J connectivity index is 2.21. The van der Waals surface area contributed by atoms with Gasteiger partial charge in [0.05, 0.1) is 11.2 Å². The average Bonchev–Trinajstić information content (AvgIpc) is 2.70. The Kier molecular flexibility index (Phi) is 3.64. The molecule has 0 saturated heterocycles. The highest BCUT2D eigenvalue weighted by Crippen LogP contribution is 2.29. The molecule has 2 rings (SSSR count). The Morgan fingerprint density at radius 2 is 2.19 bits per heavy atom. The molecule has 1 fully saturated rings. The lowest BCUT2D eigenvalue weighted by atomic mass is 9.85. The molecule has 16 heavy (non-hydrogen) atoms. The Labute approximate surface area is 101 Å². The van der Waals surface area contributed by atoms with Gasteiger partial charge in [-0.1, -0.05) is 30.9 Å². The molecule has 0 bridgehead atoms. The molecule has 88 valence electrons. The average molecular weight is 241 g/mol. The van der Waals surface area contributed by atoms with Crippen LogP contribution in [0, 0.1) is 5.92 Å². The molecule has 1 aromatic rings. The molecule has 1 aliphatic rings. The topological polar surface area (TPSA) is 34.9 Å². The highest BCUT2D eigenvalue weighted by Gasteiger charge is 2.26. The fourth-order valence-electron chi connectivity index (χ4n) is 2.41. The molecule has 0 amide bonds. The van der Waals surface area contributed by atoms with Crippen LogP contribution in [0.5, 0.6) is 0 Å². The largest absolute Gasteiger partial charge is 0.292 e. The lowest BCUT2D eigenvalue weighted by Crippen LogP contribution is -2.21. The first kappa shape index (κ1) is 11.6. The number of carbonyl (C=O) groups excluding carboxylic acids is 1. The monoisotopic (exact) mass is 240 g/mol. The predicted octanol–water partition coefficient (Wildman–Crippen LogP) is 3.32. The molecule has 0 N–H and O–H groups in total. The van der Waals surface area contributed by atoms with E-state index >= 15 is 0 Å². The van der Waals surface area contributed by atoms with Crippen LogP contribution in [0.2, 0.25) is 5.02 Å². The zero-order chi connectivity index (χ0) is 11.5. The van der Waals surface area contributed by atoms with Crippen LogP contribution in [0.25, 0.3) is 0 Å². The number of nitrogens with zero attached hydrogens (tertiary/aromatic N) is 2. The smallest absolute Gasteiger partial charge is 0.185 e. The molecule has 1 heterocycles. The number of rotatable bonds is 3. The minimum absolute atomic E-state index is 0.160. The third-order valence-electron chi connectivity index (χ3n) is 3.30. The second-order valence-electron chi connectivity index (χ2n) is 4.36. The van der Waals surface area contributed by atoms with Crippen LogP contribution < -0.4 is 0 Å². The Morgan fingerprint density at radius 3 is 2.81 bits per heavy atom. The highest BCUT2D eigenvalue weighted by molar-refractivity contribution is 6.33. The fraction of sp³-hybridized carbons (Fsp3) is 0.667. The summed E-state index contributed by atoms with van der Waals surface area (Å²) in [5, 5.41) is 4.61. The molecule has 1 aliphatic carbocycles. The Hall–Kier alpha value is -0.830. The molecule has 0 spiro atoms. The molecular weight excluding hydrogens is 224 g/mol. The van der Waals surface area contributed by atoms with Crippen molar-refractivity contribution < 1.29 is 4.79 Å². The summed E-state index contributed by atoms with van der Waals surface area (Å²) in [6, 6.07) is 0. The molecule has 0 atom stereocenters. The van der Waals surface area contributed by atoms with E-state index in [4.69, 9.17) is 11.6 Å². The third-order valence-corrected chi connectivity index (χ3v) is 3.58. The van der Waals surface area contributed by atoms with Gasteiger partial charge in [0, 0.05) is 12.5 Å².